The molecule has 1 heterocycles. The Morgan fingerprint density at radius 1 is 0.833 bits per heavy atom. The van der Waals surface area contributed by atoms with Crippen LogP contribution in [0.25, 0.3) is 10.8 Å². The first-order valence-electron chi connectivity index (χ1n) is 12.3. The lowest BCUT2D eigenvalue weighted by Crippen LogP contribution is -2.48. The van der Waals surface area contributed by atoms with Gasteiger partial charge in [-0.25, -0.2) is 4.39 Å². The van der Waals surface area contributed by atoms with Crippen molar-refractivity contribution in [3.05, 3.63) is 102 Å². The fourth-order valence-electron chi connectivity index (χ4n) is 4.60. The molecular weight excluding hydrogens is 455 g/mol. The molecule has 0 bridgehead atoms. The van der Waals surface area contributed by atoms with Gasteiger partial charge in [-0.3, -0.25) is 4.79 Å². The molecule has 0 aliphatic carbocycles. The van der Waals surface area contributed by atoms with Gasteiger partial charge in [0.2, 0.25) is 0 Å². The number of nitrogens with zero attached hydrogens (tertiary/aromatic N) is 2. The van der Waals surface area contributed by atoms with Gasteiger partial charge in [0.25, 0.3) is 5.91 Å². The SMILES string of the molecule is CCOc1ccc(C(=O)N2CCN(c3ccc(F)cc3)CC2)cc1COc1cccc2ccccc12. The second kappa shape index (κ2) is 10.7. The highest BCUT2D eigenvalue weighted by molar-refractivity contribution is 5.95. The standard InChI is InChI=1S/C30H29FN2O3/c1-2-35-28-15-10-23(20-24(28)21-36-29-9-5-7-22-6-3-4-8-27(22)29)30(34)33-18-16-32(17-19-33)26-13-11-25(31)12-14-26/h3-15,20H,2,16-19,21H2,1H3. The highest BCUT2D eigenvalue weighted by atomic mass is 19.1. The van der Waals surface area contributed by atoms with Gasteiger partial charge in [0.05, 0.1) is 6.61 Å². The summed E-state index contributed by atoms with van der Waals surface area (Å²) in [6.45, 7) is 5.37. The molecule has 0 atom stereocenters. The molecule has 1 aliphatic rings. The Morgan fingerprint density at radius 2 is 1.58 bits per heavy atom. The van der Waals surface area contributed by atoms with Crippen LogP contribution in [-0.4, -0.2) is 43.6 Å². The predicted molar refractivity (Wildman–Crippen MR) is 140 cm³/mol. The molecule has 1 saturated heterocycles. The number of fused-ring (bicyclic) bond motifs is 1. The zero-order valence-corrected chi connectivity index (χ0v) is 20.3. The smallest absolute Gasteiger partial charge is 0.253 e. The van der Waals surface area contributed by atoms with E-state index in [1.165, 1.54) is 12.1 Å². The van der Waals surface area contributed by atoms with Gasteiger partial charge in [-0.1, -0.05) is 36.4 Å². The Labute approximate surface area is 210 Å². The lowest BCUT2D eigenvalue weighted by molar-refractivity contribution is 0.0746. The minimum absolute atomic E-state index is 0.0109. The van der Waals surface area contributed by atoms with Gasteiger partial charge in [0.1, 0.15) is 23.9 Å². The van der Waals surface area contributed by atoms with E-state index in [4.69, 9.17) is 9.47 Å². The summed E-state index contributed by atoms with van der Waals surface area (Å²) in [5.41, 5.74) is 2.42. The number of piperazine rings is 1. The molecule has 4 aromatic carbocycles. The van der Waals surface area contributed by atoms with Gasteiger partial charge in [-0.15, -0.1) is 0 Å². The number of rotatable bonds is 7. The van der Waals surface area contributed by atoms with Crippen molar-refractivity contribution in [3.8, 4) is 11.5 Å². The van der Waals surface area contributed by atoms with Crippen LogP contribution in [0.2, 0.25) is 0 Å². The summed E-state index contributed by atoms with van der Waals surface area (Å²) in [5, 5.41) is 2.16. The van der Waals surface area contributed by atoms with E-state index in [9.17, 15) is 9.18 Å². The topological polar surface area (TPSA) is 42.0 Å². The van der Waals surface area contributed by atoms with Crippen molar-refractivity contribution in [2.45, 2.75) is 13.5 Å². The van der Waals surface area contributed by atoms with E-state index in [1.54, 1.807) is 12.1 Å². The maximum Gasteiger partial charge on any atom is 0.253 e. The fraction of sp³-hybridized carbons (Fsp3) is 0.233. The molecule has 0 saturated carbocycles. The molecule has 4 aromatic rings. The number of benzene rings is 4. The van der Waals surface area contributed by atoms with Gasteiger partial charge in [-0.05, 0) is 60.8 Å². The van der Waals surface area contributed by atoms with Crippen LogP contribution in [0.15, 0.2) is 84.9 Å². The lowest BCUT2D eigenvalue weighted by atomic mass is 10.1. The molecule has 0 unspecified atom stereocenters. The number of amides is 1. The van der Waals surface area contributed by atoms with E-state index < -0.39 is 0 Å². The molecule has 1 aliphatic heterocycles. The van der Waals surface area contributed by atoms with Gasteiger partial charge < -0.3 is 19.3 Å². The van der Waals surface area contributed by atoms with E-state index in [1.807, 2.05) is 60.4 Å². The van der Waals surface area contributed by atoms with Crippen LogP contribution in [0.3, 0.4) is 0 Å². The highest BCUT2D eigenvalue weighted by Crippen LogP contribution is 2.28. The quantitative estimate of drug-likeness (QED) is 0.327. The third-order valence-electron chi connectivity index (χ3n) is 6.50. The van der Waals surface area contributed by atoms with Gasteiger partial charge in [0.15, 0.2) is 0 Å². The van der Waals surface area contributed by atoms with Crippen molar-refractivity contribution in [2.24, 2.45) is 0 Å². The van der Waals surface area contributed by atoms with Crippen molar-refractivity contribution in [3.63, 3.8) is 0 Å². The minimum Gasteiger partial charge on any atom is -0.493 e. The largest absolute Gasteiger partial charge is 0.493 e. The molecule has 0 radical (unpaired) electrons. The molecule has 5 rings (SSSR count). The van der Waals surface area contributed by atoms with E-state index in [0.29, 0.717) is 45.0 Å². The van der Waals surface area contributed by atoms with Crippen LogP contribution in [0.5, 0.6) is 11.5 Å². The second-order valence-electron chi connectivity index (χ2n) is 8.78. The predicted octanol–water partition coefficient (Wildman–Crippen LogP) is 5.92. The Hall–Kier alpha value is -4.06. The van der Waals surface area contributed by atoms with Crippen LogP contribution in [0, 0.1) is 5.82 Å². The van der Waals surface area contributed by atoms with Crippen LogP contribution < -0.4 is 14.4 Å². The molecule has 36 heavy (non-hydrogen) atoms. The monoisotopic (exact) mass is 484 g/mol. The number of hydrogen-bond acceptors (Lipinski definition) is 4. The van der Waals surface area contributed by atoms with E-state index in [2.05, 4.69) is 17.0 Å². The molecule has 0 aromatic heterocycles. The fourth-order valence-corrected chi connectivity index (χ4v) is 4.60. The van der Waals surface area contributed by atoms with E-state index in [-0.39, 0.29) is 11.7 Å². The highest BCUT2D eigenvalue weighted by Gasteiger charge is 2.23. The molecule has 1 fully saturated rings. The summed E-state index contributed by atoms with van der Waals surface area (Å²) >= 11 is 0. The summed E-state index contributed by atoms with van der Waals surface area (Å²) in [4.78, 5) is 17.4. The molecule has 5 nitrogen and oxygen atoms in total. The first-order chi connectivity index (χ1) is 17.6. The summed E-state index contributed by atoms with van der Waals surface area (Å²) < 4.78 is 25.3. The van der Waals surface area contributed by atoms with Crippen LogP contribution >= 0.6 is 0 Å². The molecule has 1 amide bonds. The maximum atomic E-state index is 13.3. The number of ether oxygens (including phenoxy) is 2. The maximum absolute atomic E-state index is 13.3. The zero-order chi connectivity index (χ0) is 24.9. The van der Waals surface area contributed by atoms with E-state index in [0.717, 1.165) is 33.5 Å². The molecular formula is C30H29FN2O3. The average molecular weight is 485 g/mol. The second-order valence-corrected chi connectivity index (χ2v) is 8.78. The van der Waals surface area contributed by atoms with Crippen molar-refractivity contribution in [2.75, 3.05) is 37.7 Å². The Balaban J connectivity index is 1.30. The van der Waals surface area contributed by atoms with Crippen molar-refractivity contribution >= 4 is 22.4 Å². The number of carbonyl (C=O) groups is 1. The number of carbonyl (C=O) groups excluding carboxylic acids is 1. The Morgan fingerprint density at radius 3 is 2.36 bits per heavy atom. The normalized spacial score (nSPS) is 13.6. The first kappa shape index (κ1) is 23.7. The third kappa shape index (κ3) is 5.13. The van der Waals surface area contributed by atoms with Crippen molar-refractivity contribution < 1.29 is 18.7 Å². The minimum atomic E-state index is -0.247. The lowest BCUT2D eigenvalue weighted by Gasteiger charge is -2.36. The van der Waals surface area contributed by atoms with Gasteiger partial charge >= 0.3 is 0 Å². The Kier molecular flexibility index (Phi) is 7.03. The summed E-state index contributed by atoms with van der Waals surface area (Å²) in [7, 11) is 0. The summed E-state index contributed by atoms with van der Waals surface area (Å²) in [6, 6.07) is 26.1. The van der Waals surface area contributed by atoms with Gasteiger partial charge in [0, 0.05) is 48.4 Å². The molecule has 0 spiro atoms. The summed E-state index contributed by atoms with van der Waals surface area (Å²) in [5.74, 6) is 1.26. The zero-order valence-electron chi connectivity index (χ0n) is 20.3. The molecule has 184 valence electrons. The van der Waals surface area contributed by atoms with Crippen molar-refractivity contribution in [1.82, 2.24) is 4.90 Å². The molecule has 0 N–H and O–H groups in total. The van der Waals surface area contributed by atoms with Crippen molar-refractivity contribution in [1.29, 1.82) is 0 Å². The average Bonchev–Trinajstić information content (AvgIpc) is 2.93. The van der Waals surface area contributed by atoms with E-state index >= 15 is 0 Å². The number of hydrogen-bond donors (Lipinski definition) is 0. The van der Waals surface area contributed by atoms with Crippen LogP contribution in [-0.2, 0) is 6.61 Å². The summed E-state index contributed by atoms with van der Waals surface area (Å²) in [6.07, 6.45) is 0. The number of halogens is 1. The third-order valence-corrected chi connectivity index (χ3v) is 6.50. The Bertz CT molecular complexity index is 1340. The van der Waals surface area contributed by atoms with Crippen LogP contribution in [0.1, 0.15) is 22.8 Å². The first-order valence-corrected chi connectivity index (χ1v) is 12.3. The van der Waals surface area contributed by atoms with Gasteiger partial charge in [-0.2, -0.15) is 0 Å². The number of anilines is 1. The molecule has 6 heteroatoms. The van der Waals surface area contributed by atoms with Crippen LogP contribution in [0.4, 0.5) is 10.1 Å².